The number of hydrogen-bond donors (Lipinski definition) is 1. The molecule has 1 unspecified atom stereocenters. The minimum Gasteiger partial charge on any atom is -0.492 e. The molecule has 1 aromatic carbocycles. The number of aliphatic hydroxyl groups excluding tert-OH is 1. The molecule has 1 heterocycles. The van der Waals surface area contributed by atoms with Crippen LogP contribution in [0, 0.1) is 3.57 Å². The van der Waals surface area contributed by atoms with Gasteiger partial charge in [-0.25, -0.2) is 0 Å². The van der Waals surface area contributed by atoms with Crippen molar-refractivity contribution < 1.29 is 9.84 Å². The minimum absolute atomic E-state index is 0.633. The number of halogens is 2. The van der Waals surface area contributed by atoms with Crippen molar-refractivity contribution in [3.05, 3.63) is 56.4 Å². The Kier molecular flexibility index (Phi) is 5.63. The molecule has 0 radical (unpaired) electrons. The van der Waals surface area contributed by atoms with Gasteiger partial charge in [-0.15, -0.1) is 0 Å². The van der Waals surface area contributed by atoms with Crippen LogP contribution < -0.4 is 4.74 Å². The van der Waals surface area contributed by atoms with Crippen molar-refractivity contribution in [1.29, 1.82) is 0 Å². The van der Waals surface area contributed by atoms with Crippen LogP contribution in [0.2, 0.25) is 5.02 Å². The van der Waals surface area contributed by atoms with Gasteiger partial charge in [0.05, 0.1) is 17.8 Å². The zero-order valence-corrected chi connectivity index (χ0v) is 13.9. The Morgan fingerprint density at radius 1 is 1.30 bits per heavy atom. The smallest absolute Gasteiger partial charge is 0.137 e. The fourth-order valence-corrected chi connectivity index (χ4v) is 2.28. The lowest BCUT2D eigenvalue weighted by atomic mass is 10.0. The lowest BCUT2D eigenvalue weighted by Crippen LogP contribution is -2.02. The van der Waals surface area contributed by atoms with Gasteiger partial charge in [0.25, 0.3) is 0 Å². The van der Waals surface area contributed by atoms with Crippen LogP contribution in [0.5, 0.6) is 5.75 Å². The van der Waals surface area contributed by atoms with Crippen molar-refractivity contribution >= 4 is 34.2 Å². The summed E-state index contributed by atoms with van der Waals surface area (Å²) in [5, 5.41) is 11.0. The van der Waals surface area contributed by atoms with Gasteiger partial charge < -0.3 is 9.84 Å². The molecule has 1 aromatic heterocycles. The number of rotatable bonds is 5. The SMILES string of the molecule is CCCOc1cncc(C(O)c2ccc(I)c(Cl)c2)c1. The van der Waals surface area contributed by atoms with E-state index in [1.165, 1.54) is 0 Å². The maximum absolute atomic E-state index is 10.4. The van der Waals surface area contributed by atoms with Crippen LogP contribution in [0.1, 0.15) is 30.6 Å². The number of benzene rings is 1. The molecule has 0 spiro atoms. The summed E-state index contributed by atoms with van der Waals surface area (Å²) in [4.78, 5) is 4.10. The molecular formula is C15H15ClINO2. The van der Waals surface area contributed by atoms with E-state index in [0.717, 1.165) is 15.6 Å². The van der Waals surface area contributed by atoms with E-state index in [9.17, 15) is 5.11 Å². The average molecular weight is 404 g/mol. The second kappa shape index (κ2) is 7.24. The molecule has 2 rings (SSSR count). The summed E-state index contributed by atoms with van der Waals surface area (Å²) in [5.41, 5.74) is 1.43. The van der Waals surface area contributed by atoms with Gasteiger partial charge in [-0.3, -0.25) is 4.98 Å². The predicted octanol–water partition coefficient (Wildman–Crippen LogP) is 4.21. The number of aliphatic hydroxyl groups is 1. The van der Waals surface area contributed by atoms with E-state index in [-0.39, 0.29) is 0 Å². The first-order valence-electron chi connectivity index (χ1n) is 6.32. The number of nitrogens with zero attached hydrogens (tertiary/aromatic N) is 1. The van der Waals surface area contributed by atoms with E-state index in [2.05, 4.69) is 27.6 Å². The van der Waals surface area contributed by atoms with Crippen molar-refractivity contribution in [3.8, 4) is 5.75 Å². The van der Waals surface area contributed by atoms with Crippen LogP contribution in [0.3, 0.4) is 0 Å². The Morgan fingerprint density at radius 3 is 2.80 bits per heavy atom. The predicted molar refractivity (Wildman–Crippen MR) is 88.3 cm³/mol. The molecule has 106 valence electrons. The van der Waals surface area contributed by atoms with Gasteiger partial charge in [-0.05, 0) is 52.8 Å². The van der Waals surface area contributed by atoms with Gasteiger partial charge in [0.15, 0.2) is 0 Å². The molecule has 5 heteroatoms. The summed E-state index contributed by atoms with van der Waals surface area (Å²) >= 11 is 8.24. The van der Waals surface area contributed by atoms with E-state index in [0.29, 0.717) is 22.9 Å². The van der Waals surface area contributed by atoms with Gasteiger partial charge in [-0.1, -0.05) is 24.6 Å². The normalized spacial score (nSPS) is 12.2. The topological polar surface area (TPSA) is 42.4 Å². The molecule has 0 aliphatic carbocycles. The van der Waals surface area contributed by atoms with Crippen molar-refractivity contribution in [2.45, 2.75) is 19.4 Å². The molecule has 3 nitrogen and oxygen atoms in total. The van der Waals surface area contributed by atoms with Crippen molar-refractivity contribution in [2.75, 3.05) is 6.61 Å². The Labute approximate surface area is 137 Å². The zero-order valence-electron chi connectivity index (χ0n) is 11.0. The summed E-state index contributed by atoms with van der Waals surface area (Å²) in [7, 11) is 0. The summed E-state index contributed by atoms with van der Waals surface area (Å²) in [6, 6.07) is 7.32. The van der Waals surface area contributed by atoms with Gasteiger partial charge in [0.2, 0.25) is 0 Å². The quantitative estimate of drug-likeness (QED) is 0.761. The highest BCUT2D eigenvalue weighted by molar-refractivity contribution is 14.1. The molecule has 1 N–H and O–H groups in total. The van der Waals surface area contributed by atoms with Crippen molar-refractivity contribution in [3.63, 3.8) is 0 Å². The first-order chi connectivity index (χ1) is 9.61. The monoisotopic (exact) mass is 403 g/mol. The summed E-state index contributed by atoms with van der Waals surface area (Å²) in [6.45, 7) is 2.68. The molecule has 0 saturated heterocycles. The van der Waals surface area contributed by atoms with E-state index >= 15 is 0 Å². The largest absolute Gasteiger partial charge is 0.492 e. The fraction of sp³-hybridized carbons (Fsp3) is 0.267. The summed E-state index contributed by atoms with van der Waals surface area (Å²) in [6.07, 6.45) is 3.45. The van der Waals surface area contributed by atoms with Gasteiger partial charge in [-0.2, -0.15) is 0 Å². The maximum atomic E-state index is 10.4. The van der Waals surface area contributed by atoms with Crippen LogP contribution in [-0.4, -0.2) is 16.7 Å². The number of ether oxygens (including phenoxy) is 1. The fourth-order valence-electron chi connectivity index (χ4n) is 1.76. The molecule has 0 saturated carbocycles. The molecule has 0 aliphatic rings. The molecule has 1 atom stereocenters. The lowest BCUT2D eigenvalue weighted by Gasteiger charge is -2.13. The second-order valence-electron chi connectivity index (χ2n) is 4.38. The first-order valence-corrected chi connectivity index (χ1v) is 7.78. The average Bonchev–Trinajstić information content (AvgIpc) is 2.47. The minimum atomic E-state index is -0.762. The van der Waals surface area contributed by atoms with Crippen LogP contribution >= 0.6 is 34.2 Å². The number of pyridine rings is 1. The molecular weight excluding hydrogens is 389 g/mol. The maximum Gasteiger partial charge on any atom is 0.137 e. The highest BCUT2D eigenvalue weighted by Gasteiger charge is 2.13. The molecule has 0 aliphatic heterocycles. The van der Waals surface area contributed by atoms with E-state index < -0.39 is 6.10 Å². The van der Waals surface area contributed by atoms with E-state index in [1.54, 1.807) is 24.5 Å². The van der Waals surface area contributed by atoms with E-state index in [1.807, 2.05) is 19.1 Å². The van der Waals surface area contributed by atoms with Gasteiger partial charge in [0, 0.05) is 15.3 Å². The lowest BCUT2D eigenvalue weighted by molar-refractivity contribution is 0.218. The van der Waals surface area contributed by atoms with Crippen LogP contribution in [0.25, 0.3) is 0 Å². The standard InChI is InChI=1S/C15H15ClINO2/c1-2-5-20-12-6-11(8-18-9-12)15(19)10-3-4-14(17)13(16)7-10/h3-4,6-9,15,19H,2,5H2,1H3. The van der Waals surface area contributed by atoms with Crippen LogP contribution in [0.4, 0.5) is 0 Å². The van der Waals surface area contributed by atoms with Crippen molar-refractivity contribution in [1.82, 2.24) is 4.98 Å². The zero-order chi connectivity index (χ0) is 14.5. The molecule has 0 fully saturated rings. The van der Waals surface area contributed by atoms with Gasteiger partial charge >= 0.3 is 0 Å². The Balaban J connectivity index is 2.23. The molecule has 0 bridgehead atoms. The van der Waals surface area contributed by atoms with Crippen molar-refractivity contribution in [2.24, 2.45) is 0 Å². The third kappa shape index (κ3) is 3.84. The third-order valence-electron chi connectivity index (χ3n) is 2.78. The van der Waals surface area contributed by atoms with E-state index in [4.69, 9.17) is 16.3 Å². The molecule has 0 amide bonds. The van der Waals surface area contributed by atoms with Gasteiger partial charge in [0.1, 0.15) is 11.9 Å². The first kappa shape index (κ1) is 15.5. The Bertz CT molecular complexity index is 592. The Morgan fingerprint density at radius 2 is 2.10 bits per heavy atom. The highest BCUT2D eigenvalue weighted by Crippen LogP contribution is 2.28. The van der Waals surface area contributed by atoms with Crippen LogP contribution in [-0.2, 0) is 0 Å². The summed E-state index contributed by atoms with van der Waals surface area (Å²) in [5.74, 6) is 0.667. The Hall–Kier alpha value is -0.850. The highest BCUT2D eigenvalue weighted by atomic mass is 127. The molecule has 20 heavy (non-hydrogen) atoms. The number of aromatic nitrogens is 1. The third-order valence-corrected chi connectivity index (χ3v) is 4.35. The second-order valence-corrected chi connectivity index (χ2v) is 5.95. The summed E-state index contributed by atoms with van der Waals surface area (Å²) < 4.78 is 6.48. The van der Waals surface area contributed by atoms with Crippen LogP contribution in [0.15, 0.2) is 36.7 Å². The molecule has 2 aromatic rings. The number of hydrogen-bond acceptors (Lipinski definition) is 3.